The standard InChI is InChI=1S/C12H15N7OS/c1-6-8(10(13)20)9(7-4-5-14-18(7)2)19-11(15-6)16-12(17-19)21-3/h4-5,9H,1-3H3,(H2,13,20)(H,15,16,17)/t9-/m0/s1. The summed E-state index contributed by atoms with van der Waals surface area (Å²) in [5.74, 6) is 0.103. The van der Waals surface area contributed by atoms with Crippen molar-refractivity contribution < 1.29 is 4.79 Å². The quantitative estimate of drug-likeness (QED) is 0.801. The smallest absolute Gasteiger partial charge is 0.248 e. The molecule has 0 aromatic carbocycles. The van der Waals surface area contributed by atoms with Crippen LogP contribution in [-0.2, 0) is 11.8 Å². The summed E-state index contributed by atoms with van der Waals surface area (Å²) in [6.07, 6.45) is 3.58. The van der Waals surface area contributed by atoms with Crippen LogP contribution in [-0.4, -0.2) is 36.7 Å². The van der Waals surface area contributed by atoms with Gasteiger partial charge < -0.3 is 11.1 Å². The molecule has 0 bridgehead atoms. The number of hydrogen-bond acceptors (Lipinski definition) is 6. The van der Waals surface area contributed by atoms with Gasteiger partial charge in [0.25, 0.3) is 0 Å². The van der Waals surface area contributed by atoms with Gasteiger partial charge in [-0.2, -0.15) is 10.1 Å². The molecule has 1 amide bonds. The van der Waals surface area contributed by atoms with E-state index in [1.165, 1.54) is 11.8 Å². The maximum Gasteiger partial charge on any atom is 0.248 e. The monoisotopic (exact) mass is 305 g/mol. The number of allylic oxidation sites excluding steroid dienone is 1. The molecule has 2 aromatic heterocycles. The number of thioether (sulfide) groups is 1. The minimum atomic E-state index is -0.488. The highest BCUT2D eigenvalue weighted by atomic mass is 32.2. The highest BCUT2D eigenvalue weighted by molar-refractivity contribution is 7.98. The molecule has 3 heterocycles. The summed E-state index contributed by atoms with van der Waals surface area (Å²) in [5.41, 5.74) is 7.53. The summed E-state index contributed by atoms with van der Waals surface area (Å²) in [6, 6.07) is 1.41. The van der Waals surface area contributed by atoms with Crippen molar-refractivity contribution in [1.29, 1.82) is 0 Å². The molecule has 110 valence electrons. The number of amides is 1. The van der Waals surface area contributed by atoms with Gasteiger partial charge in [0.1, 0.15) is 6.04 Å². The Morgan fingerprint density at radius 3 is 2.86 bits per heavy atom. The molecule has 0 fully saturated rings. The summed E-state index contributed by atoms with van der Waals surface area (Å²) >= 11 is 1.44. The summed E-state index contributed by atoms with van der Waals surface area (Å²) in [6.45, 7) is 1.81. The number of nitrogens with two attached hydrogens (primary N) is 1. The summed E-state index contributed by atoms with van der Waals surface area (Å²) in [7, 11) is 1.82. The third-order valence-electron chi connectivity index (χ3n) is 3.42. The molecule has 0 unspecified atom stereocenters. The van der Waals surface area contributed by atoms with E-state index in [4.69, 9.17) is 5.73 Å². The molecule has 0 saturated heterocycles. The molecule has 1 atom stereocenters. The van der Waals surface area contributed by atoms with Crippen molar-refractivity contribution in [3.63, 3.8) is 0 Å². The molecular weight excluding hydrogens is 290 g/mol. The van der Waals surface area contributed by atoms with Crippen LogP contribution in [0.3, 0.4) is 0 Å². The molecule has 0 spiro atoms. The Morgan fingerprint density at radius 1 is 1.52 bits per heavy atom. The first kappa shape index (κ1) is 13.7. The van der Waals surface area contributed by atoms with Crippen molar-refractivity contribution in [3.05, 3.63) is 29.2 Å². The zero-order valence-electron chi connectivity index (χ0n) is 11.9. The highest BCUT2D eigenvalue weighted by Crippen LogP contribution is 2.35. The zero-order valence-corrected chi connectivity index (χ0v) is 12.7. The van der Waals surface area contributed by atoms with Gasteiger partial charge in [-0.1, -0.05) is 11.8 Å². The first-order valence-electron chi connectivity index (χ1n) is 6.29. The number of nitrogens with zero attached hydrogens (tertiary/aromatic N) is 5. The molecule has 0 aliphatic carbocycles. The minimum absolute atomic E-state index is 0.431. The molecular formula is C12H15N7OS. The third-order valence-corrected chi connectivity index (χ3v) is 3.96. The fourth-order valence-corrected chi connectivity index (χ4v) is 2.81. The number of rotatable bonds is 3. The van der Waals surface area contributed by atoms with E-state index in [9.17, 15) is 4.79 Å². The van der Waals surface area contributed by atoms with E-state index in [2.05, 4.69) is 20.5 Å². The van der Waals surface area contributed by atoms with Crippen LogP contribution in [0, 0.1) is 0 Å². The van der Waals surface area contributed by atoms with Gasteiger partial charge >= 0.3 is 0 Å². The van der Waals surface area contributed by atoms with Gasteiger partial charge in [0, 0.05) is 18.9 Å². The first-order valence-corrected chi connectivity index (χ1v) is 7.51. The Labute approximate surface area is 125 Å². The number of fused-ring (bicyclic) bond motifs is 1. The number of nitrogens with one attached hydrogen (secondary N) is 1. The van der Waals surface area contributed by atoms with Crippen molar-refractivity contribution >= 4 is 23.6 Å². The van der Waals surface area contributed by atoms with Crippen LogP contribution in [0.5, 0.6) is 0 Å². The van der Waals surface area contributed by atoms with E-state index in [-0.39, 0.29) is 0 Å². The van der Waals surface area contributed by atoms with Crippen LogP contribution in [0.1, 0.15) is 18.7 Å². The van der Waals surface area contributed by atoms with Crippen LogP contribution >= 0.6 is 11.8 Å². The molecule has 0 saturated carbocycles. The second kappa shape index (κ2) is 4.92. The fourth-order valence-electron chi connectivity index (χ4n) is 2.46. The maximum absolute atomic E-state index is 11.9. The van der Waals surface area contributed by atoms with Gasteiger partial charge in [-0.05, 0) is 19.2 Å². The average molecular weight is 305 g/mol. The van der Waals surface area contributed by atoms with E-state index in [1.807, 2.05) is 19.4 Å². The molecule has 3 rings (SSSR count). The lowest BCUT2D eigenvalue weighted by Gasteiger charge is -2.27. The topological polar surface area (TPSA) is 104 Å². The molecule has 8 nitrogen and oxygen atoms in total. The van der Waals surface area contributed by atoms with Crippen molar-refractivity contribution in [2.45, 2.75) is 18.1 Å². The number of anilines is 1. The SMILES string of the molecule is CSc1nc2n(n1)[C@@H](c1ccnn1C)C(C(N)=O)=C(C)N2. The highest BCUT2D eigenvalue weighted by Gasteiger charge is 2.34. The lowest BCUT2D eigenvalue weighted by atomic mass is 10.00. The number of aryl methyl sites for hydroxylation is 1. The number of hydrogen-bond donors (Lipinski definition) is 2. The van der Waals surface area contributed by atoms with E-state index in [1.54, 1.807) is 22.5 Å². The fraction of sp³-hybridized carbons (Fsp3) is 0.333. The predicted molar refractivity (Wildman–Crippen MR) is 78.7 cm³/mol. The van der Waals surface area contributed by atoms with E-state index >= 15 is 0 Å². The lowest BCUT2D eigenvalue weighted by molar-refractivity contribution is -0.115. The van der Waals surface area contributed by atoms with Crippen LogP contribution < -0.4 is 11.1 Å². The molecule has 21 heavy (non-hydrogen) atoms. The van der Waals surface area contributed by atoms with Gasteiger partial charge in [-0.25, -0.2) is 4.68 Å². The largest absolute Gasteiger partial charge is 0.366 e. The second-order valence-electron chi connectivity index (χ2n) is 4.68. The Balaban J connectivity index is 2.23. The third kappa shape index (κ3) is 2.09. The Bertz CT molecular complexity index is 745. The lowest BCUT2D eigenvalue weighted by Crippen LogP contribution is -2.32. The van der Waals surface area contributed by atoms with Crippen LogP contribution in [0.15, 0.2) is 28.7 Å². The van der Waals surface area contributed by atoms with Crippen molar-refractivity contribution in [3.8, 4) is 0 Å². The first-order chi connectivity index (χ1) is 10.0. The average Bonchev–Trinajstić information content (AvgIpc) is 3.02. The number of carbonyl (C=O) groups is 1. The van der Waals surface area contributed by atoms with Crippen molar-refractivity contribution in [2.75, 3.05) is 11.6 Å². The molecule has 0 radical (unpaired) electrons. The Hall–Kier alpha value is -2.29. The minimum Gasteiger partial charge on any atom is -0.366 e. The summed E-state index contributed by atoms with van der Waals surface area (Å²) in [5, 5.41) is 12.3. The zero-order chi connectivity index (χ0) is 15.1. The molecule has 2 aromatic rings. The van der Waals surface area contributed by atoms with E-state index in [0.29, 0.717) is 22.4 Å². The Morgan fingerprint density at radius 2 is 2.29 bits per heavy atom. The number of primary amides is 1. The molecule has 9 heteroatoms. The van der Waals surface area contributed by atoms with Crippen LogP contribution in [0.2, 0.25) is 0 Å². The van der Waals surface area contributed by atoms with Crippen LogP contribution in [0.4, 0.5) is 5.95 Å². The van der Waals surface area contributed by atoms with Gasteiger partial charge in [0.05, 0.1) is 11.3 Å². The van der Waals surface area contributed by atoms with Crippen molar-refractivity contribution in [1.82, 2.24) is 24.5 Å². The van der Waals surface area contributed by atoms with Gasteiger partial charge in [-0.15, -0.1) is 5.10 Å². The molecule has 1 aliphatic rings. The van der Waals surface area contributed by atoms with Gasteiger partial charge in [0.2, 0.25) is 17.0 Å². The maximum atomic E-state index is 11.9. The normalized spacial score (nSPS) is 17.6. The van der Waals surface area contributed by atoms with Crippen LogP contribution in [0.25, 0.3) is 0 Å². The molecule has 1 aliphatic heterocycles. The van der Waals surface area contributed by atoms with Gasteiger partial charge in [-0.3, -0.25) is 9.48 Å². The second-order valence-corrected chi connectivity index (χ2v) is 5.45. The number of carbonyl (C=O) groups excluding carboxylic acids is 1. The Kier molecular flexibility index (Phi) is 3.20. The molecule has 3 N–H and O–H groups in total. The summed E-state index contributed by atoms with van der Waals surface area (Å²) in [4.78, 5) is 16.3. The number of aromatic nitrogens is 5. The van der Waals surface area contributed by atoms with E-state index < -0.39 is 11.9 Å². The van der Waals surface area contributed by atoms with E-state index in [0.717, 1.165) is 5.69 Å². The van der Waals surface area contributed by atoms with Gasteiger partial charge in [0.15, 0.2) is 0 Å². The summed E-state index contributed by atoms with van der Waals surface area (Å²) < 4.78 is 3.38. The predicted octanol–water partition coefficient (Wildman–Crippen LogP) is 0.508. The van der Waals surface area contributed by atoms with Crippen molar-refractivity contribution in [2.24, 2.45) is 12.8 Å².